The minimum atomic E-state index is -1.28. The van der Waals surface area contributed by atoms with E-state index in [-0.39, 0.29) is 36.2 Å². The molecule has 8 nitrogen and oxygen atoms in total. The summed E-state index contributed by atoms with van der Waals surface area (Å²) in [5, 5.41) is 21.0. The van der Waals surface area contributed by atoms with E-state index in [1.165, 1.54) is 7.11 Å². The van der Waals surface area contributed by atoms with Gasteiger partial charge >= 0.3 is 6.09 Å². The molecule has 3 N–H and O–H groups in total. The van der Waals surface area contributed by atoms with E-state index in [1.54, 1.807) is 4.90 Å². The number of halogens is 2. The van der Waals surface area contributed by atoms with Gasteiger partial charge in [0.2, 0.25) is 5.95 Å². The van der Waals surface area contributed by atoms with Crippen molar-refractivity contribution in [2.24, 2.45) is 0 Å². The van der Waals surface area contributed by atoms with Gasteiger partial charge in [0.25, 0.3) is 5.88 Å². The summed E-state index contributed by atoms with van der Waals surface area (Å²) in [6, 6.07) is 2.36. The van der Waals surface area contributed by atoms with Gasteiger partial charge in [0.05, 0.1) is 19.3 Å². The highest BCUT2D eigenvalue weighted by atomic mass is 19.1. The van der Waals surface area contributed by atoms with Crippen molar-refractivity contribution < 1.29 is 28.5 Å². The number of carbonyl (C=O) groups is 1. The molecule has 2 aromatic rings. The molecule has 1 aromatic carbocycles. The number of aromatic hydroxyl groups is 1. The van der Waals surface area contributed by atoms with Crippen molar-refractivity contribution in [2.45, 2.75) is 12.0 Å². The largest absolute Gasteiger partial charge is 0.502 e. The zero-order chi connectivity index (χ0) is 18.8. The second-order valence-corrected chi connectivity index (χ2v) is 5.80. The fraction of sp³-hybridized carbons (Fsp3) is 0.312. The van der Waals surface area contributed by atoms with Gasteiger partial charge < -0.3 is 25.2 Å². The van der Waals surface area contributed by atoms with Crippen LogP contribution in [-0.4, -0.2) is 52.5 Å². The zero-order valence-corrected chi connectivity index (χ0v) is 13.7. The van der Waals surface area contributed by atoms with Gasteiger partial charge in [-0.2, -0.15) is 4.98 Å². The topological polar surface area (TPSA) is 108 Å². The number of hydrogen-bond donors (Lipinski definition) is 3. The van der Waals surface area contributed by atoms with Crippen molar-refractivity contribution in [3.8, 4) is 11.6 Å². The first kappa shape index (κ1) is 17.6. The van der Waals surface area contributed by atoms with Crippen LogP contribution >= 0.6 is 0 Å². The standard InChI is InChI=1S/C16H16F2N4O4/c1-26-14-13(23)5-19-15(21-14)22-6-10(12(7-22)20-16(24)25)9-4-8(17)2-3-11(9)18/h2-5,10,12,20,23H,6-7H2,1H3,(H,24,25)/t10-,12+/m1/s1. The molecular formula is C16H16F2N4O4. The van der Waals surface area contributed by atoms with Crippen LogP contribution in [0.25, 0.3) is 0 Å². The number of hydrogen-bond acceptors (Lipinski definition) is 6. The van der Waals surface area contributed by atoms with Gasteiger partial charge in [0.15, 0.2) is 5.75 Å². The van der Waals surface area contributed by atoms with E-state index in [4.69, 9.17) is 9.84 Å². The minimum Gasteiger partial charge on any atom is -0.502 e. The van der Waals surface area contributed by atoms with Crippen LogP contribution in [0, 0.1) is 11.6 Å². The maximum Gasteiger partial charge on any atom is 0.404 e. The van der Waals surface area contributed by atoms with Gasteiger partial charge in [0, 0.05) is 19.0 Å². The predicted octanol–water partition coefficient (Wildman–Crippen LogP) is 1.71. The Morgan fingerprint density at radius 3 is 2.85 bits per heavy atom. The van der Waals surface area contributed by atoms with Gasteiger partial charge in [-0.25, -0.2) is 18.6 Å². The van der Waals surface area contributed by atoms with Crippen molar-refractivity contribution in [2.75, 3.05) is 25.1 Å². The van der Waals surface area contributed by atoms with Crippen LogP contribution in [-0.2, 0) is 0 Å². The van der Waals surface area contributed by atoms with Gasteiger partial charge in [-0.1, -0.05) is 0 Å². The lowest BCUT2D eigenvalue weighted by atomic mass is 9.94. The molecule has 0 aliphatic carbocycles. The summed E-state index contributed by atoms with van der Waals surface area (Å²) in [6.45, 7) is 0.292. The number of anilines is 1. The SMILES string of the molecule is COc1nc(N2C[C@H](NC(=O)O)[C@@H](c3cc(F)ccc3F)C2)ncc1O. The number of ether oxygens (including phenoxy) is 1. The van der Waals surface area contributed by atoms with Gasteiger partial charge in [-0.15, -0.1) is 0 Å². The molecule has 1 saturated heterocycles. The van der Waals surface area contributed by atoms with Crippen LogP contribution in [0.1, 0.15) is 11.5 Å². The highest BCUT2D eigenvalue weighted by Gasteiger charge is 2.38. The average Bonchev–Trinajstić information content (AvgIpc) is 3.00. The van der Waals surface area contributed by atoms with Crippen LogP contribution in [0.3, 0.4) is 0 Å². The first-order chi connectivity index (χ1) is 12.4. The molecular weight excluding hydrogens is 350 g/mol. The third kappa shape index (κ3) is 3.44. The number of nitrogens with one attached hydrogen (secondary N) is 1. The number of amides is 1. The third-order valence-electron chi connectivity index (χ3n) is 4.19. The number of rotatable bonds is 4. The highest BCUT2D eigenvalue weighted by Crippen LogP contribution is 2.33. The fourth-order valence-electron chi connectivity index (χ4n) is 3.04. The maximum absolute atomic E-state index is 14.2. The molecule has 0 unspecified atom stereocenters. The average molecular weight is 366 g/mol. The van der Waals surface area contributed by atoms with Crippen LogP contribution < -0.4 is 15.0 Å². The Kier molecular flexibility index (Phi) is 4.74. The third-order valence-corrected chi connectivity index (χ3v) is 4.19. The van der Waals surface area contributed by atoms with Crippen molar-refractivity contribution in [1.29, 1.82) is 0 Å². The Labute approximate surface area is 147 Å². The first-order valence-corrected chi connectivity index (χ1v) is 7.68. The van der Waals surface area contributed by atoms with Crippen molar-refractivity contribution >= 4 is 12.0 Å². The first-order valence-electron chi connectivity index (χ1n) is 7.68. The normalized spacial score (nSPS) is 19.4. The predicted molar refractivity (Wildman–Crippen MR) is 86.5 cm³/mol. The number of nitrogens with zero attached hydrogens (tertiary/aromatic N) is 3. The van der Waals surface area contributed by atoms with E-state index in [0.717, 1.165) is 24.4 Å². The quantitative estimate of drug-likeness (QED) is 0.756. The van der Waals surface area contributed by atoms with E-state index < -0.39 is 29.7 Å². The van der Waals surface area contributed by atoms with Crippen molar-refractivity contribution in [3.05, 3.63) is 41.6 Å². The molecule has 1 amide bonds. The van der Waals surface area contributed by atoms with E-state index in [2.05, 4.69) is 15.3 Å². The smallest absolute Gasteiger partial charge is 0.404 e. The van der Waals surface area contributed by atoms with Crippen LogP contribution in [0.15, 0.2) is 24.4 Å². The van der Waals surface area contributed by atoms with E-state index >= 15 is 0 Å². The van der Waals surface area contributed by atoms with E-state index in [0.29, 0.717) is 0 Å². The molecule has 1 aromatic heterocycles. The Morgan fingerprint density at radius 1 is 1.38 bits per heavy atom. The lowest BCUT2D eigenvalue weighted by Gasteiger charge is -2.18. The van der Waals surface area contributed by atoms with E-state index in [1.807, 2.05) is 0 Å². The summed E-state index contributed by atoms with van der Waals surface area (Å²) in [5.74, 6) is -2.00. The molecule has 3 rings (SSSR count). The van der Waals surface area contributed by atoms with Crippen molar-refractivity contribution in [3.63, 3.8) is 0 Å². The zero-order valence-electron chi connectivity index (χ0n) is 13.7. The molecule has 1 aliphatic heterocycles. The van der Waals surface area contributed by atoms with Crippen LogP contribution in [0.5, 0.6) is 11.6 Å². The fourth-order valence-corrected chi connectivity index (χ4v) is 3.04. The number of aromatic nitrogens is 2. The minimum absolute atomic E-state index is 0.0434. The summed E-state index contributed by atoms with van der Waals surface area (Å²) in [5.41, 5.74) is 0.0667. The Bertz CT molecular complexity index is 836. The number of benzene rings is 1. The monoisotopic (exact) mass is 366 g/mol. The number of carboxylic acid groups (broad SMARTS) is 1. The lowest BCUT2D eigenvalue weighted by molar-refractivity contribution is 0.189. The summed E-state index contributed by atoms with van der Waals surface area (Å²) in [7, 11) is 1.33. The molecule has 2 atom stereocenters. The molecule has 1 fully saturated rings. The molecule has 0 bridgehead atoms. The Balaban J connectivity index is 1.94. The molecule has 26 heavy (non-hydrogen) atoms. The molecule has 0 radical (unpaired) electrons. The van der Waals surface area contributed by atoms with Gasteiger partial charge in [-0.05, 0) is 23.8 Å². The molecule has 10 heteroatoms. The molecule has 2 heterocycles. The van der Waals surface area contributed by atoms with Crippen LogP contribution in [0.4, 0.5) is 19.5 Å². The molecule has 1 aliphatic rings. The second kappa shape index (κ2) is 6.98. The van der Waals surface area contributed by atoms with Crippen LogP contribution in [0.2, 0.25) is 0 Å². The summed E-state index contributed by atoms with van der Waals surface area (Å²) < 4.78 is 32.7. The molecule has 0 spiro atoms. The van der Waals surface area contributed by atoms with Gasteiger partial charge in [-0.3, -0.25) is 0 Å². The second-order valence-electron chi connectivity index (χ2n) is 5.80. The van der Waals surface area contributed by atoms with Crippen molar-refractivity contribution in [1.82, 2.24) is 15.3 Å². The summed E-state index contributed by atoms with van der Waals surface area (Å²) >= 11 is 0. The summed E-state index contributed by atoms with van der Waals surface area (Å²) in [6.07, 6.45) is -0.125. The maximum atomic E-state index is 14.2. The number of methoxy groups -OCH3 is 1. The lowest BCUT2D eigenvalue weighted by Crippen LogP contribution is -2.39. The summed E-state index contributed by atoms with van der Waals surface area (Å²) in [4.78, 5) is 20.7. The molecule has 0 saturated carbocycles. The highest BCUT2D eigenvalue weighted by molar-refractivity contribution is 5.65. The Morgan fingerprint density at radius 2 is 2.15 bits per heavy atom. The van der Waals surface area contributed by atoms with Gasteiger partial charge in [0.1, 0.15) is 11.6 Å². The Hall–Kier alpha value is -3.17. The molecule has 138 valence electrons. The van der Waals surface area contributed by atoms with E-state index in [9.17, 15) is 18.7 Å².